The third-order valence-corrected chi connectivity index (χ3v) is 2.29. The number of aldehydes is 1. The van der Waals surface area contributed by atoms with Crippen molar-refractivity contribution in [3.8, 4) is 0 Å². The van der Waals surface area contributed by atoms with Crippen molar-refractivity contribution in [1.82, 2.24) is 4.98 Å². The molecule has 0 aliphatic carbocycles. The first-order chi connectivity index (χ1) is 6.74. The maximum atomic E-state index is 10.9. The fraction of sp³-hybridized carbons (Fsp3) is 0.0833. The molecule has 2 nitrogen and oxygen atoms in total. The van der Waals surface area contributed by atoms with Crippen LogP contribution in [0.25, 0.3) is 16.5 Å². The van der Waals surface area contributed by atoms with Crippen LogP contribution in [0.15, 0.2) is 30.8 Å². The Morgan fingerprint density at radius 3 is 2.79 bits per heavy atom. The summed E-state index contributed by atoms with van der Waals surface area (Å²) in [5, 5.41) is 0.959. The lowest BCUT2D eigenvalue weighted by Crippen LogP contribution is -1.84. The second-order valence-electron chi connectivity index (χ2n) is 3.36. The van der Waals surface area contributed by atoms with Crippen molar-refractivity contribution in [1.29, 1.82) is 0 Å². The Hall–Kier alpha value is -1.83. The van der Waals surface area contributed by atoms with Crippen molar-refractivity contribution in [2.24, 2.45) is 0 Å². The number of rotatable bonds is 2. The van der Waals surface area contributed by atoms with E-state index in [-0.39, 0.29) is 0 Å². The summed E-state index contributed by atoms with van der Waals surface area (Å²) in [5.41, 5.74) is 3.39. The summed E-state index contributed by atoms with van der Waals surface area (Å²) in [4.78, 5) is 14.1. The van der Waals surface area contributed by atoms with Crippen LogP contribution >= 0.6 is 0 Å². The van der Waals surface area contributed by atoms with Gasteiger partial charge in [-0.3, -0.25) is 4.79 Å². The molecule has 0 fully saturated rings. The predicted octanol–water partition coefficient (Wildman–Crippen LogP) is 3.01. The summed E-state index contributed by atoms with van der Waals surface area (Å²) in [6, 6.07) is 7.75. The van der Waals surface area contributed by atoms with Crippen LogP contribution in [0.4, 0.5) is 0 Å². The van der Waals surface area contributed by atoms with Gasteiger partial charge in [-0.1, -0.05) is 24.8 Å². The molecule has 0 atom stereocenters. The molecular weight excluding hydrogens is 174 g/mol. The van der Waals surface area contributed by atoms with Crippen LogP contribution in [0, 0.1) is 0 Å². The van der Waals surface area contributed by atoms with Gasteiger partial charge in [-0.05, 0) is 18.6 Å². The third-order valence-electron chi connectivity index (χ3n) is 2.29. The van der Waals surface area contributed by atoms with Crippen molar-refractivity contribution in [3.63, 3.8) is 0 Å². The Bertz CT molecular complexity index is 508. The molecule has 0 radical (unpaired) electrons. The standard InChI is InChI=1S/C12H11NO/c1-8(2)12-10(7-14)9-5-3-4-6-11(9)13-12/h3-7,13H,1H2,2H3. The maximum absolute atomic E-state index is 10.9. The quantitative estimate of drug-likeness (QED) is 0.717. The van der Waals surface area contributed by atoms with E-state index in [2.05, 4.69) is 11.6 Å². The molecule has 0 saturated carbocycles. The number of carbonyl (C=O) groups excluding carboxylic acids is 1. The van der Waals surface area contributed by atoms with E-state index >= 15 is 0 Å². The van der Waals surface area contributed by atoms with Gasteiger partial charge in [0.25, 0.3) is 0 Å². The van der Waals surface area contributed by atoms with Gasteiger partial charge < -0.3 is 4.98 Å². The number of nitrogens with one attached hydrogen (secondary N) is 1. The highest BCUT2D eigenvalue weighted by Crippen LogP contribution is 2.24. The molecule has 1 N–H and O–H groups in total. The zero-order chi connectivity index (χ0) is 10.1. The number of aromatic amines is 1. The molecule has 1 heterocycles. The highest BCUT2D eigenvalue weighted by molar-refractivity contribution is 6.02. The predicted molar refractivity (Wildman–Crippen MR) is 58.4 cm³/mol. The molecule has 0 saturated heterocycles. The molecule has 2 aromatic rings. The Labute approximate surface area is 82.3 Å². The lowest BCUT2D eigenvalue weighted by atomic mass is 10.1. The summed E-state index contributed by atoms with van der Waals surface area (Å²) in [7, 11) is 0. The molecule has 2 rings (SSSR count). The molecule has 0 bridgehead atoms. The number of H-pyrrole nitrogens is 1. The van der Waals surface area contributed by atoms with Crippen molar-refractivity contribution in [3.05, 3.63) is 42.1 Å². The fourth-order valence-corrected chi connectivity index (χ4v) is 1.62. The minimum absolute atomic E-state index is 0.702. The summed E-state index contributed by atoms with van der Waals surface area (Å²) in [6.45, 7) is 5.73. The van der Waals surface area contributed by atoms with Crippen LogP contribution in [0.2, 0.25) is 0 Å². The molecule has 14 heavy (non-hydrogen) atoms. The van der Waals surface area contributed by atoms with Gasteiger partial charge in [-0.25, -0.2) is 0 Å². The normalized spacial score (nSPS) is 10.4. The van der Waals surface area contributed by atoms with E-state index in [1.54, 1.807) is 0 Å². The van der Waals surface area contributed by atoms with E-state index in [0.717, 1.165) is 28.5 Å². The lowest BCUT2D eigenvalue weighted by Gasteiger charge is -1.94. The van der Waals surface area contributed by atoms with Gasteiger partial charge in [0.2, 0.25) is 0 Å². The van der Waals surface area contributed by atoms with E-state index < -0.39 is 0 Å². The van der Waals surface area contributed by atoms with Gasteiger partial charge in [0.1, 0.15) is 0 Å². The number of allylic oxidation sites excluding steroid dienone is 1. The Kier molecular flexibility index (Phi) is 1.97. The average Bonchev–Trinajstić information content (AvgIpc) is 2.56. The summed E-state index contributed by atoms with van der Waals surface area (Å²) in [6.07, 6.45) is 0.878. The van der Waals surface area contributed by atoms with Crippen LogP contribution in [0.3, 0.4) is 0 Å². The first-order valence-electron chi connectivity index (χ1n) is 4.46. The van der Waals surface area contributed by atoms with Gasteiger partial charge in [0.05, 0.1) is 5.69 Å². The number of hydrogen-bond donors (Lipinski definition) is 1. The number of aromatic nitrogens is 1. The van der Waals surface area contributed by atoms with Crippen molar-refractivity contribution < 1.29 is 4.79 Å². The lowest BCUT2D eigenvalue weighted by molar-refractivity contribution is 0.112. The van der Waals surface area contributed by atoms with Crippen LogP contribution in [0.5, 0.6) is 0 Å². The minimum atomic E-state index is 0.702. The van der Waals surface area contributed by atoms with Crippen LogP contribution < -0.4 is 0 Å². The Morgan fingerprint density at radius 1 is 1.43 bits per heavy atom. The number of fused-ring (bicyclic) bond motifs is 1. The van der Waals surface area contributed by atoms with Crippen molar-refractivity contribution in [2.45, 2.75) is 6.92 Å². The molecule has 0 amide bonds. The highest BCUT2D eigenvalue weighted by atomic mass is 16.1. The van der Waals surface area contributed by atoms with Crippen LogP contribution in [-0.2, 0) is 0 Å². The van der Waals surface area contributed by atoms with E-state index in [1.807, 2.05) is 31.2 Å². The molecule has 0 spiro atoms. The van der Waals surface area contributed by atoms with Crippen LogP contribution in [-0.4, -0.2) is 11.3 Å². The zero-order valence-corrected chi connectivity index (χ0v) is 8.00. The van der Waals surface area contributed by atoms with Crippen molar-refractivity contribution >= 4 is 22.8 Å². The average molecular weight is 185 g/mol. The first kappa shape index (κ1) is 8.75. The molecule has 1 aromatic carbocycles. The van der Waals surface area contributed by atoms with Gasteiger partial charge in [0, 0.05) is 16.5 Å². The smallest absolute Gasteiger partial charge is 0.152 e. The van der Waals surface area contributed by atoms with Crippen LogP contribution in [0.1, 0.15) is 23.0 Å². The molecule has 70 valence electrons. The SMILES string of the molecule is C=C(C)c1[nH]c2ccccc2c1C=O. The molecule has 0 aliphatic rings. The number of para-hydroxylation sites is 1. The number of carbonyl (C=O) groups is 1. The second-order valence-corrected chi connectivity index (χ2v) is 3.36. The molecule has 0 aliphatic heterocycles. The molecule has 0 unspecified atom stereocenters. The number of benzene rings is 1. The first-order valence-corrected chi connectivity index (χ1v) is 4.46. The monoisotopic (exact) mass is 185 g/mol. The van der Waals surface area contributed by atoms with E-state index in [0.29, 0.717) is 5.56 Å². The third kappa shape index (κ3) is 1.16. The van der Waals surface area contributed by atoms with Gasteiger partial charge in [-0.2, -0.15) is 0 Å². The fourth-order valence-electron chi connectivity index (χ4n) is 1.62. The summed E-state index contributed by atoms with van der Waals surface area (Å²) in [5.74, 6) is 0. The second kappa shape index (κ2) is 3.14. The largest absolute Gasteiger partial charge is 0.354 e. The maximum Gasteiger partial charge on any atom is 0.152 e. The molecular formula is C12H11NO. The van der Waals surface area contributed by atoms with Gasteiger partial charge in [0.15, 0.2) is 6.29 Å². The van der Waals surface area contributed by atoms with E-state index in [4.69, 9.17) is 0 Å². The number of hydrogen-bond acceptors (Lipinski definition) is 1. The van der Waals surface area contributed by atoms with Crippen molar-refractivity contribution in [2.75, 3.05) is 0 Å². The summed E-state index contributed by atoms with van der Waals surface area (Å²) >= 11 is 0. The van der Waals surface area contributed by atoms with Gasteiger partial charge in [-0.15, -0.1) is 0 Å². The zero-order valence-electron chi connectivity index (χ0n) is 8.00. The highest BCUT2D eigenvalue weighted by Gasteiger charge is 2.09. The molecule has 1 aromatic heterocycles. The van der Waals surface area contributed by atoms with Gasteiger partial charge >= 0.3 is 0 Å². The van der Waals surface area contributed by atoms with E-state index in [1.165, 1.54) is 0 Å². The van der Waals surface area contributed by atoms with E-state index in [9.17, 15) is 4.79 Å². The Morgan fingerprint density at radius 2 is 2.14 bits per heavy atom. The summed E-state index contributed by atoms with van der Waals surface area (Å²) < 4.78 is 0. The topological polar surface area (TPSA) is 32.9 Å². The molecule has 2 heteroatoms. The minimum Gasteiger partial charge on any atom is -0.354 e. The Balaban J connectivity index is 2.85.